The third kappa shape index (κ3) is 9.28. The van der Waals surface area contributed by atoms with Crippen LogP contribution in [0.3, 0.4) is 0 Å². The minimum Gasteiger partial charge on any atom is -0.480 e. The number of carboxylic acid groups (broad SMARTS) is 1. The first-order valence-electron chi connectivity index (χ1n) is 9.67. The summed E-state index contributed by atoms with van der Waals surface area (Å²) in [6.45, 7) is 3.89. The van der Waals surface area contributed by atoms with Crippen molar-refractivity contribution >= 4 is 35.5 Å². The van der Waals surface area contributed by atoms with Crippen molar-refractivity contribution in [3.8, 4) is 0 Å². The summed E-state index contributed by atoms with van der Waals surface area (Å²) in [6, 6.07) is -4.96. The predicted octanol–water partition coefficient (Wildman–Crippen LogP) is -1.97. The molecule has 0 radical (unpaired) electrons. The summed E-state index contributed by atoms with van der Waals surface area (Å²) in [6.07, 6.45) is 1.35. The fraction of sp³-hybridized carbons (Fsp3) is 0.778. The van der Waals surface area contributed by atoms with E-state index in [0.717, 1.165) is 0 Å². The van der Waals surface area contributed by atoms with Gasteiger partial charge in [-0.05, 0) is 31.3 Å². The SMILES string of the molecule is CCC(C)C(NC(=O)C(NC(=O)C(CO)NC(=O)C(N)CCSC)C(C)O)C(=O)O. The topological polar surface area (TPSA) is 191 Å². The zero-order valence-corrected chi connectivity index (χ0v) is 18.6. The smallest absolute Gasteiger partial charge is 0.326 e. The summed E-state index contributed by atoms with van der Waals surface area (Å²) < 4.78 is 0. The maximum Gasteiger partial charge on any atom is 0.326 e. The number of carbonyl (C=O) groups is 4. The van der Waals surface area contributed by atoms with Gasteiger partial charge in [0.25, 0.3) is 0 Å². The fourth-order valence-corrected chi connectivity index (χ4v) is 2.92. The monoisotopic (exact) mass is 450 g/mol. The van der Waals surface area contributed by atoms with Gasteiger partial charge in [0.1, 0.15) is 18.1 Å². The normalized spacial score (nSPS) is 17.0. The van der Waals surface area contributed by atoms with Crippen LogP contribution in [0.5, 0.6) is 0 Å². The van der Waals surface area contributed by atoms with Crippen molar-refractivity contribution in [1.82, 2.24) is 16.0 Å². The lowest BCUT2D eigenvalue weighted by Crippen LogP contribution is -2.61. The van der Waals surface area contributed by atoms with Gasteiger partial charge < -0.3 is 37.0 Å². The van der Waals surface area contributed by atoms with Crippen LogP contribution in [0, 0.1) is 5.92 Å². The number of hydrogen-bond acceptors (Lipinski definition) is 8. The number of carboxylic acids is 1. The highest BCUT2D eigenvalue weighted by molar-refractivity contribution is 7.98. The predicted molar refractivity (Wildman–Crippen MR) is 113 cm³/mol. The van der Waals surface area contributed by atoms with Crippen molar-refractivity contribution in [2.45, 2.75) is 63.9 Å². The number of nitrogens with one attached hydrogen (secondary N) is 3. The van der Waals surface area contributed by atoms with Crippen LogP contribution in [-0.2, 0) is 19.2 Å². The lowest BCUT2D eigenvalue weighted by molar-refractivity contribution is -0.144. The number of thioether (sulfide) groups is 1. The van der Waals surface area contributed by atoms with Crippen LogP contribution in [0.15, 0.2) is 0 Å². The maximum atomic E-state index is 12.5. The van der Waals surface area contributed by atoms with Crippen molar-refractivity contribution in [2.24, 2.45) is 11.7 Å². The van der Waals surface area contributed by atoms with Gasteiger partial charge in [-0.3, -0.25) is 14.4 Å². The number of hydrogen-bond donors (Lipinski definition) is 7. The molecule has 0 aliphatic rings. The second kappa shape index (κ2) is 14.2. The van der Waals surface area contributed by atoms with E-state index in [1.807, 2.05) is 6.26 Å². The Bertz CT molecular complexity index is 591. The van der Waals surface area contributed by atoms with Crippen LogP contribution < -0.4 is 21.7 Å². The van der Waals surface area contributed by atoms with E-state index in [2.05, 4.69) is 16.0 Å². The summed E-state index contributed by atoms with van der Waals surface area (Å²) in [4.78, 5) is 48.4. The van der Waals surface area contributed by atoms with Gasteiger partial charge >= 0.3 is 5.97 Å². The van der Waals surface area contributed by atoms with Crippen LogP contribution in [0.2, 0.25) is 0 Å². The van der Waals surface area contributed by atoms with Crippen molar-refractivity contribution in [2.75, 3.05) is 18.6 Å². The molecule has 0 fully saturated rings. The Morgan fingerprint density at radius 2 is 1.57 bits per heavy atom. The lowest BCUT2D eigenvalue weighted by atomic mass is 9.98. The van der Waals surface area contributed by atoms with E-state index in [0.29, 0.717) is 18.6 Å². The molecule has 174 valence electrons. The minimum atomic E-state index is -1.49. The van der Waals surface area contributed by atoms with Crippen LogP contribution in [0.4, 0.5) is 0 Å². The zero-order valence-electron chi connectivity index (χ0n) is 17.8. The molecular weight excluding hydrogens is 416 g/mol. The molecule has 0 saturated heterocycles. The molecule has 0 aliphatic carbocycles. The second-order valence-electron chi connectivity index (χ2n) is 7.07. The zero-order chi connectivity index (χ0) is 23.4. The number of carbonyl (C=O) groups excluding carboxylic acids is 3. The van der Waals surface area contributed by atoms with Gasteiger partial charge in [-0.25, -0.2) is 4.79 Å². The van der Waals surface area contributed by atoms with Crippen molar-refractivity contribution in [3.63, 3.8) is 0 Å². The molecule has 3 amide bonds. The van der Waals surface area contributed by atoms with Crippen LogP contribution in [-0.4, -0.2) is 87.9 Å². The second-order valence-corrected chi connectivity index (χ2v) is 8.05. The molecule has 8 N–H and O–H groups in total. The van der Waals surface area contributed by atoms with Crippen molar-refractivity contribution < 1.29 is 34.5 Å². The average Bonchev–Trinajstić information content (AvgIpc) is 2.70. The average molecular weight is 451 g/mol. The van der Waals surface area contributed by atoms with E-state index in [4.69, 9.17) is 5.73 Å². The van der Waals surface area contributed by atoms with E-state index >= 15 is 0 Å². The number of aliphatic carboxylic acids is 1. The number of nitrogens with two attached hydrogens (primary N) is 1. The van der Waals surface area contributed by atoms with Gasteiger partial charge in [-0.2, -0.15) is 11.8 Å². The van der Waals surface area contributed by atoms with Gasteiger partial charge in [0.15, 0.2) is 0 Å². The molecule has 0 heterocycles. The van der Waals surface area contributed by atoms with E-state index < -0.39 is 60.6 Å². The fourth-order valence-electron chi connectivity index (χ4n) is 2.43. The molecule has 0 aromatic rings. The molecule has 6 atom stereocenters. The Kier molecular flexibility index (Phi) is 13.3. The van der Waals surface area contributed by atoms with E-state index in [9.17, 15) is 34.5 Å². The maximum absolute atomic E-state index is 12.5. The molecule has 0 aromatic carbocycles. The van der Waals surface area contributed by atoms with Crippen LogP contribution >= 0.6 is 11.8 Å². The molecule has 6 unspecified atom stereocenters. The Hall–Kier alpha value is -1.89. The lowest BCUT2D eigenvalue weighted by Gasteiger charge is -2.27. The number of rotatable bonds is 14. The highest BCUT2D eigenvalue weighted by atomic mass is 32.2. The quantitative estimate of drug-likeness (QED) is 0.157. The summed E-state index contributed by atoms with van der Waals surface area (Å²) in [5, 5.41) is 35.5. The molecular formula is C18H34N4O7S. The highest BCUT2D eigenvalue weighted by Gasteiger charge is 2.33. The molecule has 0 aliphatic heterocycles. The van der Waals surface area contributed by atoms with Crippen molar-refractivity contribution in [3.05, 3.63) is 0 Å². The number of aliphatic hydroxyl groups is 2. The molecule has 30 heavy (non-hydrogen) atoms. The Balaban J connectivity index is 5.17. The van der Waals surface area contributed by atoms with Gasteiger partial charge in [-0.1, -0.05) is 20.3 Å². The minimum absolute atomic E-state index is 0.373. The van der Waals surface area contributed by atoms with Gasteiger partial charge in [-0.15, -0.1) is 0 Å². The van der Waals surface area contributed by atoms with Crippen LogP contribution in [0.1, 0.15) is 33.6 Å². The first-order valence-corrected chi connectivity index (χ1v) is 11.1. The first kappa shape index (κ1) is 28.1. The third-order valence-corrected chi connectivity index (χ3v) is 5.27. The Morgan fingerprint density at radius 3 is 2.00 bits per heavy atom. The highest BCUT2D eigenvalue weighted by Crippen LogP contribution is 2.09. The summed E-state index contributed by atoms with van der Waals surface area (Å²) >= 11 is 1.50. The number of amides is 3. The molecule has 0 aromatic heterocycles. The van der Waals surface area contributed by atoms with E-state index in [-0.39, 0.29) is 5.92 Å². The Morgan fingerprint density at radius 1 is 1.00 bits per heavy atom. The summed E-state index contributed by atoms with van der Waals surface area (Å²) in [5.41, 5.74) is 5.73. The summed E-state index contributed by atoms with van der Waals surface area (Å²) in [7, 11) is 0. The number of aliphatic hydroxyl groups excluding tert-OH is 2. The molecule has 0 rings (SSSR count). The molecule has 0 spiro atoms. The largest absolute Gasteiger partial charge is 0.480 e. The molecule has 0 bridgehead atoms. The van der Waals surface area contributed by atoms with Crippen molar-refractivity contribution in [1.29, 1.82) is 0 Å². The standard InChI is InChI=1S/C18H34N4O7S/c1-5-9(2)13(18(28)29)21-17(27)14(10(3)24)22-16(26)12(8-23)20-15(25)11(19)6-7-30-4/h9-14,23-24H,5-8,19H2,1-4H3,(H,20,25)(H,21,27)(H,22,26)(H,28,29). The third-order valence-electron chi connectivity index (χ3n) is 4.62. The Labute approximate surface area is 180 Å². The van der Waals surface area contributed by atoms with Gasteiger partial charge in [0.2, 0.25) is 17.7 Å². The van der Waals surface area contributed by atoms with Gasteiger partial charge in [0.05, 0.1) is 18.8 Å². The molecule has 11 nitrogen and oxygen atoms in total. The summed E-state index contributed by atoms with van der Waals surface area (Å²) in [5.74, 6) is -3.45. The van der Waals surface area contributed by atoms with Crippen LogP contribution in [0.25, 0.3) is 0 Å². The van der Waals surface area contributed by atoms with Gasteiger partial charge in [0, 0.05) is 0 Å². The first-order chi connectivity index (χ1) is 14.0. The molecule has 12 heteroatoms. The van der Waals surface area contributed by atoms with E-state index in [1.165, 1.54) is 18.7 Å². The molecule has 0 saturated carbocycles. The van der Waals surface area contributed by atoms with E-state index in [1.54, 1.807) is 13.8 Å².